The van der Waals surface area contributed by atoms with Crippen molar-refractivity contribution < 1.29 is 9.53 Å². The number of carbonyl (C=O) groups is 1. The molecule has 2 aromatic heterocycles. The summed E-state index contributed by atoms with van der Waals surface area (Å²) in [7, 11) is 0. The molecule has 7 nitrogen and oxygen atoms in total. The molecular weight excluding hydrogens is 414 g/mol. The van der Waals surface area contributed by atoms with Gasteiger partial charge in [0.05, 0.1) is 11.7 Å². The first kappa shape index (κ1) is 21.8. The molecule has 0 saturated heterocycles. The number of aryl methyl sites for hydroxylation is 2. The van der Waals surface area contributed by atoms with Gasteiger partial charge in [-0.2, -0.15) is 0 Å². The first-order chi connectivity index (χ1) is 16.1. The fourth-order valence-electron chi connectivity index (χ4n) is 3.30. The van der Waals surface area contributed by atoms with Crippen molar-refractivity contribution in [3.63, 3.8) is 0 Å². The van der Waals surface area contributed by atoms with Crippen LogP contribution in [0.4, 0.5) is 17.2 Å². The van der Waals surface area contributed by atoms with Crippen molar-refractivity contribution in [2.24, 2.45) is 0 Å². The number of rotatable bonds is 6. The highest BCUT2D eigenvalue weighted by atomic mass is 16.5. The highest BCUT2D eigenvalue weighted by Crippen LogP contribution is 2.30. The summed E-state index contributed by atoms with van der Waals surface area (Å²) in [5, 5.41) is 6.87. The number of fused-ring (bicyclic) bond motifs is 1. The van der Waals surface area contributed by atoms with Crippen molar-refractivity contribution in [1.29, 1.82) is 0 Å². The van der Waals surface area contributed by atoms with E-state index in [4.69, 9.17) is 4.74 Å². The fraction of sp³-hybridized carbons (Fsp3) is 0.154. The molecule has 0 fully saturated rings. The van der Waals surface area contributed by atoms with Gasteiger partial charge in [0.1, 0.15) is 23.6 Å². The molecule has 33 heavy (non-hydrogen) atoms. The molecule has 4 rings (SSSR count). The molecule has 0 aliphatic rings. The molecule has 0 atom stereocenters. The minimum Gasteiger partial charge on any atom is -0.455 e. The lowest BCUT2D eigenvalue weighted by atomic mass is 10.1. The molecule has 4 aromatic rings. The quantitative estimate of drug-likeness (QED) is 0.393. The Balaban J connectivity index is 1.56. The number of hydrogen-bond acceptors (Lipinski definition) is 6. The van der Waals surface area contributed by atoms with Crippen LogP contribution in [-0.2, 0) is 11.2 Å². The average Bonchev–Trinajstić information content (AvgIpc) is 2.82. The summed E-state index contributed by atoms with van der Waals surface area (Å²) in [6.07, 6.45) is 4.13. The van der Waals surface area contributed by atoms with E-state index >= 15 is 0 Å². The molecule has 0 saturated carbocycles. The Morgan fingerprint density at radius 2 is 1.88 bits per heavy atom. The Labute approximate surface area is 192 Å². The van der Waals surface area contributed by atoms with Crippen LogP contribution >= 0.6 is 0 Å². The maximum Gasteiger partial charge on any atom is 0.300 e. The summed E-state index contributed by atoms with van der Waals surface area (Å²) in [5.74, 6) is 6.76. The van der Waals surface area contributed by atoms with Crippen LogP contribution in [0, 0.1) is 18.8 Å². The molecule has 0 bridgehead atoms. The van der Waals surface area contributed by atoms with Crippen molar-refractivity contribution in [1.82, 2.24) is 15.0 Å². The van der Waals surface area contributed by atoms with Crippen LogP contribution in [0.25, 0.3) is 10.9 Å². The summed E-state index contributed by atoms with van der Waals surface area (Å²) in [5.41, 5.74) is 4.22. The number of carbonyl (C=O) groups excluding carboxylic acids is 1. The zero-order chi connectivity index (χ0) is 23.2. The maximum atomic E-state index is 11.8. The number of hydrogen-bond donors (Lipinski definition) is 2. The lowest BCUT2D eigenvalue weighted by molar-refractivity contribution is -0.111. The monoisotopic (exact) mass is 437 g/mol. The summed E-state index contributed by atoms with van der Waals surface area (Å²) in [6.45, 7) is 5.67. The predicted molar refractivity (Wildman–Crippen MR) is 130 cm³/mol. The Morgan fingerprint density at radius 1 is 1.03 bits per heavy atom. The van der Waals surface area contributed by atoms with Crippen LogP contribution in [0.2, 0.25) is 0 Å². The van der Waals surface area contributed by atoms with Crippen molar-refractivity contribution >= 4 is 34.0 Å². The largest absolute Gasteiger partial charge is 0.455 e. The Morgan fingerprint density at radius 3 is 2.61 bits per heavy atom. The van der Waals surface area contributed by atoms with Gasteiger partial charge in [-0.3, -0.25) is 9.78 Å². The molecule has 0 spiro atoms. The Hall–Kier alpha value is -4.44. The third kappa shape index (κ3) is 5.25. The average molecular weight is 438 g/mol. The standard InChI is InChI=1S/C26H23N5O2/c1-4-6-25(32)30-20-8-11-23-22(14-20)26(29-16-28-23)31-19-9-12-24(17(3)13-19)33-21-10-7-18(5-2)27-15-21/h7-16H,5H2,1-3H3,(H,30,32)(H,28,29,31). The molecule has 0 aliphatic carbocycles. The van der Waals surface area contributed by atoms with E-state index in [1.54, 1.807) is 19.2 Å². The number of ether oxygens (including phenoxy) is 1. The smallest absolute Gasteiger partial charge is 0.300 e. The molecule has 2 aromatic carbocycles. The van der Waals surface area contributed by atoms with Crippen molar-refractivity contribution in [2.75, 3.05) is 10.6 Å². The molecule has 2 heterocycles. The number of benzene rings is 2. The molecule has 164 valence electrons. The van der Waals surface area contributed by atoms with Gasteiger partial charge in [-0.05, 0) is 80.3 Å². The zero-order valence-corrected chi connectivity index (χ0v) is 18.6. The molecule has 0 radical (unpaired) electrons. The van der Waals surface area contributed by atoms with Gasteiger partial charge in [0.25, 0.3) is 5.91 Å². The van der Waals surface area contributed by atoms with Gasteiger partial charge in [0, 0.05) is 22.5 Å². The summed E-state index contributed by atoms with van der Waals surface area (Å²) >= 11 is 0. The highest BCUT2D eigenvalue weighted by molar-refractivity contribution is 6.05. The van der Waals surface area contributed by atoms with Crippen LogP contribution in [-0.4, -0.2) is 20.9 Å². The second-order valence-corrected chi connectivity index (χ2v) is 7.33. The van der Waals surface area contributed by atoms with E-state index < -0.39 is 0 Å². The van der Waals surface area contributed by atoms with E-state index in [0.29, 0.717) is 17.3 Å². The summed E-state index contributed by atoms with van der Waals surface area (Å²) in [4.78, 5) is 24.9. The molecular formula is C26H23N5O2. The maximum absolute atomic E-state index is 11.8. The van der Waals surface area contributed by atoms with Crippen LogP contribution in [0.1, 0.15) is 25.1 Å². The predicted octanol–water partition coefficient (Wildman–Crippen LogP) is 5.39. The van der Waals surface area contributed by atoms with E-state index in [9.17, 15) is 4.79 Å². The van der Waals surface area contributed by atoms with Crippen LogP contribution in [0.3, 0.4) is 0 Å². The van der Waals surface area contributed by atoms with Crippen molar-refractivity contribution in [2.45, 2.75) is 27.2 Å². The van der Waals surface area contributed by atoms with Gasteiger partial charge in [-0.15, -0.1) is 0 Å². The fourth-order valence-corrected chi connectivity index (χ4v) is 3.30. The number of amides is 1. The topological polar surface area (TPSA) is 89.0 Å². The molecule has 0 aliphatic heterocycles. The van der Waals surface area contributed by atoms with Gasteiger partial charge in [0.2, 0.25) is 0 Å². The van der Waals surface area contributed by atoms with Crippen LogP contribution < -0.4 is 15.4 Å². The van der Waals surface area contributed by atoms with Crippen molar-refractivity contribution in [3.05, 3.63) is 72.3 Å². The Bertz CT molecular complexity index is 1370. The third-order valence-electron chi connectivity index (χ3n) is 4.96. The molecule has 1 amide bonds. The normalized spacial score (nSPS) is 10.3. The molecule has 0 unspecified atom stereocenters. The van der Waals surface area contributed by atoms with E-state index in [1.165, 1.54) is 6.33 Å². The second kappa shape index (κ2) is 9.79. The van der Waals surface area contributed by atoms with Crippen molar-refractivity contribution in [3.8, 4) is 23.3 Å². The molecule has 2 N–H and O–H groups in total. The minimum absolute atomic E-state index is 0.367. The lowest BCUT2D eigenvalue weighted by Crippen LogP contribution is -2.08. The summed E-state index contributed by atoms with van der Waals surface area (Å²) < 4.78 is 5.99. The van der Waals surface area contributed by atoms with E-state index in [1.807, 2.05) is 49.4 Å². The Kier molecular flexibility index (Phi) is 6.46. The molecule has 7 heteroatoms. The first-order valence-electron chi connectivity index (χ1n) is 10.5. The van der Waals surface area contributed by atoms with Gasteiger partial charge in [-0.25, -0.2) is 9.97 Å². The number of pyridine rings is 1. The third-order valence-corrected chi connectivity index (χ3v) is 4.96. The van der Waals surface area contributed by atoms with Gasteiger partial charge in [0.15, 0.2) is 0 Å². The zero-order valence-electron chi connectivity index (χ0n) is 18.6. The number of nitrogens with zero attached hydrogens (tertiary/aromatic N) is 3. The first-order valence-corrected chi connectivity index (χ1v) is 10.5. The second-order valence-electron chi connectivity index (χ2n) is 7.33. The minimum atomic E-state index is -0.367. The van der Waals surface area contributed by atoms with E-state index in [0.717, 1.165) is 40.0 Å². The van der Waals surface area contributed by atoms with Crippen LogP contribution in [0.15, 0.2) is 61.1 Å². The highest BCUT2D eigenvalue weighted by Gasteiger charge is 2.09. The summed E-state index contributed by atoms with van der Waals surface area (Å²) in [6, 6.07) is 15.1. The van der Waals surface area contributed by atoms with E-state index in [-0.39, 0.29) is 5.91 Å². The SMILES string of the molecule is CC#CC(=O)Nc1ccc2ncnc(Nc3ccc(Oc4ccc(CC)nc4)c(C)c3)c2c1. The van der Waals surface area contributed by atoms with Gasteiger partial charge in [-0.1, -0.05) is 12.8 Å². The van der Waals surface area contributed by atoms with Gasteiger partial charge < -0.3 is 15.4 Å². The van der Waals surface area contributed by atoms with Gasteiger partial charge >= 0.3 is 0 Å². The number of nitrogens with one attached hydrogen (secondary N) is 2. The number of aromatic nitrogens is 3. The number of anilines is 3. The van der Waals surface area contributed by atoms with Crippen LogP contribution in [0.5, 0.6) is 11.5 Å². The van der Waals surface area contributed by atoms with E-state index in [2.05, 4.69) is 44.4 Å². The lowest BCUT2D eigenvalue weighted by Gasteiger charge is -2.13.